The summed E-state index contributed by atoms with van der Waals surface area (Å²) in [5.41, 5.74) is 7.64. The van der Waals surface area contributed by atoms with E-state index in [1.807, 2.05) is 18.2 Å². The highest BCUT2D eigenvalue weighted by molar-refractivity contribution is 7.80. The molecule has 1 aromatic carbocycles. The van der Waals surface area contributed by atoms with Gasteiger partial charge in [-0.1, -0.05) is 49.5 Å². The lowest BCUT2D eigenvalue weighted by Gasteiger charge is -2.13. The van der Waals surface area contributed by atoms with Gasteiger partial charge in [0, 0.05) is 18.3 Å². The van der Waals surface area contributed by atoms with Gasteiger partial charge in [0.25, 0.3) is 0 Å². The van der Waals surface area contributed by atoms with Crippen LogP contribution in [0.2, 0.25) is 0 Å². The van der Waals surface area contributed by atoms with Crippen LogP contribution in [0.15, 0.2) is 48.7 Å². The van der Waals surface area contributed by atoms with E-state index in [2.05, 4.69) is 41.5 Å². The predicted molar refractivity (Wildman–Crippen MR) is 83.5 cm³/mol. The average Bonchev–Trinajstić information content (AvgIpc) is 2.46. The molecule has 3 N–H and O–H groups in total. The first-order valence-electron chi connectivity index (χ1n) is 6.21. The van der Waals surface area contributed by atoms with E-state index in [0.717, 1.165) is 17.9 Å². The number of pyridine rings is 1. The van der Waals surface area contributed by atoms with Crippen LogP contribution >= 0.6 is 12.2 Å². The number of anilines is 1. The van der Waals surface area contributed by atoms with Crippen LogP contribution in [-0.4, -0.2) is 16.5 Å². The molecule has 0 saturated heterocycles. The Morgan fingerprint density at radius 3 is 2.58 bits per heavy atom. The SMILES string of the molecule is CC(CNc1ccc(C(N)=S)cn1)c1ccccc1. The molecule has 0 bridgehead atoms. The van der Waals surface area contributed by atoms with Crippen LogP contribution in [0.1, 0.15) is 24.0 Å². The van der Waals surface area contributed by atoms with E-state index in [1.54, 1.807) is 6.20 Å². The Hall–Kier alpha value is -1.94. The van der Waals surface area contributed by atoms with Gasteiger partial charge in [-0.25, -0.2) is 4.98 Å². The van der Waals surface area contributed by atoms with Crippen molar-refractivity contribution in [3.05, 3.63) is 59.8 Å². The van der Waals surface area contributed by atoms with E-state index in [4.69, 9.17) is 18.0 Å². The first kappa shape index (κ1) is 13.5. The largest absolute Gasteiger partial charge is 0.389 e. The highest BCUT2D eigenvalue weighted by atomic mass is 32.1. The molecule has 3 nitrogen and oxygen atoms in total. The fourth-order valence-corrected chi connectivity index (χ4v) is 1.92. The zero-order valence-corrected chi connectivity index (χ0v) is 11.7. The van der Waals surface area contributed by atoms with Gasteiger partial charge in [0.05, 0.1) is 0 Å². The first-order chi connectivity index (χ1) is 9.16. The topological polar surface area (TPSA) is 50.9 Å². The summed E-state index contributed by atoms with van der Waals surface area (Å²) in [7, 11) is 0. The molecule has 98 valence electrons. The normalized spacial score (nSPS) is 11.8. The second-order valence-electron chi connectivity index (χ2n) is 4.49. The highest BCUT2D eigenvalue weighted by Gasteiger charge is 2.05. The molecule has 0 saturated carbocycles. The Morgan fingerprint density at radius 1 is 1.26 bits per heavy atom. The molecular formula is C15H17N3S. The number of thiocarbonyl (C=S) groups is 1. The van der Waals surface area contributed by atoms with Crippen molar-refractivity contribution in [3.63, 3.8) is 0 Å². The summed E-state index contributed by atoms with van der Waals surface area (Å²) in [4.78, 5) is 4.66. The maximum Gasteiger partial charge on any atom is 0.125 e. The third-order valence-electron chi connectivity index (χ3n) is 3.01. The molecular weight excluding hydrogens is 254 g/mol. The molecule has 1 heterocycles. The average molecular weight is 271 g/mol. The van der Waals surface area contributed by atoms with Crippen molar-refractivity contribution in [2.45, 2.75) is 12.8 Å². The van der Waals surface area contributed by atoms with Gasteiger partial charge < -0.3 is 11.1 Å². The van der Waals surface area contributed by atoms with Crippen LogP contribution in [0, 0.1) is 0 Å². The lowest BCUT2D eigenvalue weighted by molar-refractivity contribution is 0.801. The van der Waals surface area contributed by atoms with Gasteiger partial charge in [0.15, 0.2) is 0 Å². The monoisotopic (exact) mass is 271 g/mol. The van der Waals surface area contributed by atoms with E-state index < -0.39 is 0 Å². The molecule has 1 atom stereocenters. The van der Waals surface area contributed by atoms with Crippen LogP contribution in [-0.2, 0) is 0 Å². The number of nitrogens with two attached hydrogens (primary N) is 1. The number of benzene rings is 1. The van der Waals surface area contributed by atoms with Crippen LogP contribution in [0.25, 0.3) is 0 Å². The highest BCUT2D eigenvalue weighted by Crippen LogP contribution is 2.15. The summed E-state index contributed by atoms with van der Waals surface area (Å²) >= 11 is 4.89. The van der Waals surface area contributed by atoms with Gasteiger partial charge in [-0.05, 0) is 23.6 Å². The summed E-state index contributed by atoms with van der Waals surface area (Å²) in [6, 6.07) is 14.2. The Bertz CT molecular complexity index is 537. The summed E-state index contributed by atoms with van der Waals surface area (Å²) < 4.78 is 0. The second-order valence-corrected chi connectivity index (χ2v) is 4.93. The fraction of sp³-hybridized carbons (Fsp3) is 0.200. The smallest absolute Gasteiger partial charge is 0.125 e. The zero-order valence-electron chi connectivity index (χ0n) is 10.8. The Balaban J connectivity index is 1.93. The van der Waals surface area contributed by atoms with E-state index >= 15 is 0 Å². The number of rotatable bonds is 5. The zero-order chi connectivity index (χ0) is 13.7. The summed E-state index contributed by atoms with van der Waals surface area (Å²) in [6.07, 6.45) is 1.69. The Morgan fingerprint density at radius 2 is 2.00 bits per heavy atom. The molecule has 1 unspecified atom stereocenters. The molecule has 0 aliphatic carbocycles. The molecule has 0 aliphatic rings. The van der Waals surface area contributed by atoms with Gasteiger partial charge in [-0.3, -0.25) is 0 Å². The van der Waals surface area contributed by atoms with Gasteiger partial charge in [0.2, 0.25) is 0 Å². The third-order valence-corrected chi connectivity index (χ3v) is 3.24. The molecule has 0 spiro atoms. The number of aromatic nitrogens is 1. The van der Waals surface area contributed by atoms with Crippen molar-refractivity contribution >= 4 is 23.0 Å². The van der Waals surface area contributed by atoms with Crippen LogP contribution in [0.5, 0.6) is 0 Å². The quantitative estimate of drug-likeness (QED) is 0.821. The van der Waals surface area contributed by atoms with E-state index in [9.17, 15) is 0 Å². The van der Waals surface area contributed by atoms with E-state index in [1.165, 1.54) is 5.56 Å². The van der Waals surface area contributed by atoms with Crippen molar-refractivity contribution < 1.29 is 0 Å². The van der Waals surface area contributed by atoms with Crippen molar-refractivity contribution in [1.82, 2.24) is 4.98 Å². The minimum absolute atomic E-state index is 0.372. The number of hydrogen-bond donors (Lipinski definition) is 2. The minimum atomic E-state index is 0.372. The van der Waals surface area contributed by atoms with E-state index in [-0.39, 0.29) is 0 Å². The summed E-state index contributed by atoms with van der Waals surface area (Å²) in [5.74, 6) is 1.26. The second kappa shape index (κ2) is 6.29. The lowest BCUT2D eigenvalue weighted by atomic mass is 10.0. The molecule has 4 heteroatoms. The van der Waals surface area contributed by atoms with E-state index in [0.29, 0.717) is 10.9 Å². The van der Waals surface area contributed by atoms with Crippen molar-refractivity contribution in [3.8, 4) is 0 Å². The molecule has 2 aromatic rings. The molecule has 0 amide bonds. The summed E-state index contributed by atoms with van der Waals surface area (Å²) in [6.45, 7) is 3.02. The van der Waals surface area contributed by atoms with Crippen LogP contribution < -0.4 is 11.1 Å². The minimum Gasteiger partial charge on any atom is -0.389 e. The Kier molecular flexibility index (Phi) is 4.47. The standard InChI is InChI=1S/C15H17N3S/c1-11(12-5-3-2-4-6-12)9-17-14-8-7-13(10-18-14)15(16)19/h2-8,10-11H,9H2,1H3,(H2,16,19)(H,17,18). The molecule has 0 aliphatic heterocycles. The van der Waals surface area contributed by atoms with Crippen molar-refractivity contribution in [1.29, 1.82) is 0 Å². The summed E-state index contributed by atoms with van der Waals surface area (Å²) in [5, 5.41) is 3.31. The Labute approximate surface area is 118 Å². The number of nitrogens with one attached hydrogen (secondary N) is 1. The lowest BCUT2D eigenvalue weighted by Crippen LogP contribution is -2.12. The fourth-order valence-electron chi connectivity index (χ4n) is 1.80. The van der Waals surface area contributed by atoms with Crippen LogP contribution in [0.3, 0.4) is 0 Å². The van der Waals surface area contributed by atoms with Gasteiger partial charge in [0.1, 0.15) is 10.8 Å². The number of nitrogens with zero attached hydrogens (tertiary/aromatic N) is 1. The van der Waals surface area contributed by atoms with Crippen molar-refractivity contribution in [2.75, 3.05) is 11.9 Å². The first-order valence-corrected chi connectivity index (χ1v) is 6.62. The maximum absolute atomic E-state index is 5.53. The predicted octanol–water partition coefficient (Wildman–Crippen LogP) is 2.93. The molecule has 0 fully saturated rings. The molecule has 2 rings (SSSR count). The van der Waals surface area contributed by atoms with Crippen molar-refractivity contribution in [2.24, 2.45) is 5.73 Å². The maximum atomic E-state index is 5.53. The van der Waals surface area contributed by atoms with Crippen LogP contribution in [0.4, 0.5) is 5.82 Å². The molecule has 19 heavy (non-hydrogen) atoms. The third kappa shape index (κ3) is 3.76. The van der Waals surface area contributed by atoms with Gasteiger partial charge >= 0.3 is 0 Å². The molecule has 0 radical (unpaired) electrons. The molecule has 1 aromatic heterocycles. The number of hydrogen-bond acceptors (Lipinski definition) is 3. The van der Waals surface area contributed by atoms with Gasteiger partial charge in [-0.2, -0.15) is 0 Å². The van der Waals surface area contributed by atoms with Gasteiger partial charge in [-0.15, -0.1) is 0 Å².